The van der Waals surface area contributed by atoms with Gasteiger partial charge in [-0.3, -0.25) is 14.9 Å². The van der Waals surface area contributed by atoms with Crippen molar-refractivity contribution in [2.45, 2.75) is 6.42 Å². The second kappa shape index (κ2) is 6.58. The molecule has 0 aliphatic carbocycles. The van der Waals surface area contributed by atoms with E-state index < -0.39 is 4.92 Å². The summed E-state index contributed by atoms with van der Waals surface area (Å²) in [6.45, 7) is 0.488. The zero-order chi connectivity index (χ0) is 16.2. The van der Waals surface area contributed by atoms with E-state index >= 15 is 0 Å². The highest BCUT2D eigenvalue weighted by Crippen LogP contribution is 2.25. The number of benzene rings is 2. The fourth-order valence-electron chi connectivity index (χ4n) is 2.40. The van der Waals surface area contributed by atoms with Crippen molar-refractivity contribution in [3.8, 4) is 0 Å². The number of thiophene rings is 1. The fraction of sp³-hybridized carbons (Fsp3) is 0.118. The summed E-state index contributed by atoms with van der Waals surface area (Å²) in [6, 6.07) is 13.9. The van der Waals surface area contributed by atoms with Crippen molar-refractivity contribution in [3.05, 3.63) is 75.2 Å². The van der Waals surface area contributed by atoms with E-state index in [-0.39, 0.29) is 11.6 Å². The number of carbonyl (C=O) groups is 1. The maximum atomic E-state index is 12.1. The fourth-order valence-corrected chi connectivity index (χ4v) is 3.40. The number of non-ortho nitro benzene ring substituents is 1. The van der Waals surface area contributed by atoms with E-state index in [1.165, 1.54) is 33.8 Å². The summed E-state index contributed by atoms with van der Waals surface area (Å²) in [6.07, 6.45) is 0.727. The number of amides is 1. The molecule has 0 spiro atoms. The molecule has 0 saturated carbocycles. The van der Waals surface area contributed by atoms with E-state index in [0.717, 1.165) is 6.42 Å². The Labute approximate surface area is 136 Å². The molecule has 0 bridgehead atoms. The van der Waals surface area contributed by atoms with Crippen LogP contribution in [0, 0.1) is 10.1 Å². The Morgan fingerprint density at radius 3 is 2.83 bits per heavy atom. The molecule has 0 aliphatic heterocycles. The van der Waals surface area contributed by atoms with Crippen LogP contribution in [0.5, 0.6) is 0 Å². The molecule has 2 aromatic carbocycles. The van der Waals surface area contributed by atoms with Crippen molar-refractivity contribution >= 4 is 33.0 Å². The second-order valence-corrected chi connectivity index (χ2v) is 5.98. The molecule has 0 aliphatic rings. The smallest absolute Gasteiger partial charge is 0.270 e. The first-order valence-corrected chi connectivity index (χ1v) is 8.01. The van der Waals surface area contributed by atoms with Gasteiger partial charge in [0.05, 0.1) is 4.92 Å². The normalized spacial score (nSPS) is 10.6. The predicted octanol–water partition coefficient (Wildman–Crippen LogP) is 3.78. The molecule has 0 radical (unpaired) electrons. The van der Waals surface area contributed by atoms with Gasteiger partial charge in [-0.15, -0.1) is 11.3 Å². The molecule has 0 fully saturated rings. The number of rotatable bonds is 5. The molecule has 0 atom stereocenters. The summed E-state index contributed by atoms with van der Waals surface area (Å²) in [5, 5.41) is 16.9. The zero-order valence-corrected chi connectivity index (χ0v) is 13.0. The van der Waals surface area contributed by atoms with Crippen molar-refractivity contribution in [1.82, 2.24) is 5.32 Å². The van der Waals surface area contributed by atoms with Crippen LogP contribution < -0.4 is 5.32 Å². The third-order valence-corrected chi connectivity index (χ3v) is 4.57. The van der Waals surface area contributed by atoms with E-state index in [1.54, 1.807) is 17.4 Å². The quantitative estimate of drug-likeness (QED) is 0.573. The molecule has 1 aromatic heterocycles. The van der Waals surface area contributed by atoms with Gasteiger partial charge in [0.1, 0.15) is 0 Å². The summed E-state index contributed by atoms with van der Waals surface area (Å²) in [5.74, 6) is -0.298. The van der Waals surface area contributed by atoms with Crippen LogP contribution in [0.2, 0.25) is 0 Å². The summed E-state index contributed by atoms with van der Waals surface area (Å²) in [4.78, 5) is 22.3. The SMILES string of the molecule is O=C(NCCc1csc2ccccc12)c1cccc([N+](=O)[O-])c1. The number of nitrogens with one attached hydrogen (secondary N) is 1. The molecule has 6 heteroatoms. The molecule has 0 unspecified atom stereocenters. The Bertz CT molecular complexity index is 873. The van der Waals surface area contributed by atoms with Crippen LogP contribution in [-0.2, 0) is 6.42 Å². The summed E-state index contributed by atoms with van der Waals surface area (Å²) in [5.41, 5.74) is 1.42. The van der Waals surface area contributed by atoms with E-state index in [0.29, 0.717) is 12.1 Å². The van der Waals surface area contributed by atoms with E-state index in [2.05, 4.69) is 22.8 Å². The van der Waals surface area contributed by atoms with Gasteiger partial charge in [0.25, 0.3) is 11.6 Å². The Morgan fingerprint density at radius 1 is 1.17 bits per heavy atom. The van der Waals surface area contributed by atoms with Gasteiger partial charge in [0.15, 0.2) is 0 Å². The number of nitro benzene ring substituents is 1. The van der Waals surface area contributed by atoms with Crippen molar-refractivity contribution in [2.75, 3.05) is 6.54 Å². The van der Waals surface area contributed by atoms with Gasteiger partial charge >= 0.3 is 0 Å². The van der Waals surface area contributed by atoms with E-state index in [1.807, 2.05) is 12.1 Å². The first kappa shape index (κ1) is 15.2. The van der Waals surface area contributed by atoms with Crippen LogP contribution in [0.3, 0.4) is 0 Å². The number of fused-ring (bicyclic) bond motifs is 1. The molecule has 116 valence electrons. The molecule has 3 rings (SSSR count). The highest BCUT2D eigenvalue weighted by atomic mass is 32.1. The Balaban J connectivity index is 1.63. The van der Waals surface area contributed by atoms with Crippen LogP contribution >= 0.6 is 11.3 Å². The zero-order valence-electron chi connectivity index (χ0n) is 12.2. The third-order valence-electron chi connectivity index (χ3n) is 3.56. The van der Waals surface area contributed by atoms with Crippen LogP contribution in [0.15, 0.2) is 53.9 Å². The first-order valence-electron chi connectivity index (χ1n) is 7.13. The van der Waals surface area contributed by atoms with Gasteiger partial charge in [-0.25, -0.2) is 0 Å². The Morgan fingerprint density at radius 2 is 2.00 bits per heavy atom. The Hall–Kier alpha value is -2.73. The lowest BCUT2D eigenvalue weighted by atomic mass is 10.1. The maximum Gasteiger partial charge on any atom is 0.270 e. The average Bonchev–Trinajstić information content (AvgIpc) is 2.98. The van der Waals surface area contributed by atoms with Crippen molar-refractivity contribution < 1.29 is 9.72 Å². The molecular formula is C17H14N2O3S. The minimum Gasteiger partial charge on any atom is -0.352 e. The van der Waals surface area contributed by atoms with Crippen molar-refractivity contribution in [3.63, 3.8) is 0 Å². The van der Waals surface area contributed by atoms with Gasteiger partial charge in [-0.05, 0) is 34.9 Å². The molecule has 1 amide bonds. The minimum atomic E-state index is -0.506. The van der Waals surface area contributed by atoms with Gasteiger partial charge in [-0.1, -0.05) is 24.3 Å². The number of nitrogens with zero attached hydrogens (tertiary/aromatic N) is 1. The monoisotopic (exact) mass is 326 g/mol. The van der Waals surface area contributed by atoms with Crippen LogP contribution in [-0.4, -0.2) is 17.4 Å². The molecule has 23 heavy (non-hydrogen) atoms. The molecule has 5 nitrogen and oxygen atoms in total. The summed E-state index contributed by atoms with van der Waals surface area (Å²) >= 11 is 1.69. The first-order chi connectivity index (χ1) is 11.1. The molecular weight excluding hydrogens is 312 g/mol. The lowest BCUT2D eigenvalue weighted by molar-refractivity contribution is -0.384. The molecule has 1 N–H and O–H groups in total. The van der Waals surface area contributed by atoms with Gasteiger partial charge < -0.3 is 5.32 Å². The predicted molar refractivity (Wildman–Crippen MR) is 91.0 cm³/mol. The van der Waals surface area contributed by atoms with Gasteiger partial charge in [0.2, 0.25) is 0 Å². The van der Waals surface area contributed by atoms with Gasteiger partial charge in [0, 0.05) is 28.9 Å². The Kier molecular flexibility index (Phi) is 4.34. The third kappa shape index (κ3) is 3.37. The molecule has 1 heterocycles. The van der Waals surface area contributed by atoms with Gasteiger partial charge in [-0.2, -0.15) is 0 Å². The summed E-state index contributed by atoms with van der Waals surface area (Å²) < 4.78 is 1.23. The van der Waals surface area contributed by atoms with Crippen molar-refractivity contribution in [1.29, 1.82) is 0 Å². The molecule has 0 saturated heterocycles. The summed E-state index contributed by atoms with van der Waals surface area (Å²) in [7, 11) is 0. The largest absolute Gasteiger partial charge is 0.352 e. The van der Waals surface area contributed by atoms with Crippen LogP contribution in [0.25, 0.3) is 10.1 Å². The number of hydrogen-bond donors (Lipinski definition) is 1. The average molecular weight is 326 g/mol. The second-order valence-electron chi connectivity index (χ2n) is 5.07. The minimum absolute atomic E-state index is 0.0820. The molecule has 3 aromatic rings. The number of carbonyl (C=O) groups excluding carboxylic acids is 1. The van der Waals surface area contributed by atoms with Crippen molar-refractivity contribution in [2.24, 2.45) is 0 Å². The highest BCUT2D eigenvalue weighted by molar-refractivity contribution is 7.17. The number of hydrogen-bond acceptors (Lipinski definition) is 4. The topological polar surface area (TPSA) is 72.2 Å². The lowest BCUT2D eigenvalue weighted by Crippen LogP contribution is -2.25. The number of nitro groups is 1. The van der Waals surface area contributed by atoms with Crippen LogP contribution in [0.1, 0.15) is 15.9 Å². The lowest BCUT2D eigenvalue weighted by Gasteiger charge is -2.05. The standard InChI is InChI=1S/C17H14N2O3S/c20-17(12-4-3-5-14(10-12)19(21)22)18-9-8-13-11-23-16-7-2-1-6-15(13)16/h1-7,10-11H,8-9H2,(H,18,20). The van der Waals surface area contributed by atoms with Crippen LogP contribution in [0.4, 0.5) is 5.69 Å². The maximum absolute atomic E-state index is 12.1. The highest BCUT2D eigenvalue weighted by Gasteiger charge is 2.11. The van der Waals surface area contributed by atoms with E-state index in [9.17, 15) is 14.9 Å². The van der Waals surface area contributed by atoms with E-state index in [4.69, 9.17) is 0 Å².